The number of hydrogen-bond donors (Lipinski definition) is 2. The highest BCUT2D eigenvalue weighted by Crippen LogP contribution is 2.29. The molecule has 0 aliphatic rings. The SMILES string of the molecule is COc1nc2c(=O)c(C(=O)O)cn([C@H](CO)C(C)C)c2cc1Cc1cccc(I)c1F. The summed E-state index contributed by atoms with van der Waals surface area (Å²) in [4.78, 5) is 28.8. The molecule has 0 fully saturated rings. The summed E-state index contributed by atoms with van der Waals surface area (Å²) in [6.45, 7) is 3.50. The lowest BCUT2D eigenvalue weighted by molar-refractivity contribution is 0.0694. The maximum absolute atomic E-state index is 14.6. The van der Waals surface area contributed by atoms with Gasteiger partial charge in [-0.25, -0.2) is 14.2 Å². The van der Waals surface area contributed by atoms with E-state index in [0.717, 1.165) is 0 Å². The van der Waals surface area contributed by atoms with Crippen LogP contribution in [-0.2, 0) is 6.42 Å². The van der Waals surface area contributed by atoms with Crippen LogP contribution in [0.2, 0.25) is 0 Å². The lowest BCUT2D eigenvalue weighted by atomic mass is 10.0. The molecule has 0 aliphatic heterocycles. The molecule has 1 aromatic carbocycles. The quantitative estimate of drug-likeness (QED) is 0.444. The zero-order chi connectivity index (χ0) is 22.9. The molecule has 0 aliphatic carbocycles. The van der Waals surface area contributed by atoms with E-state index in [4.69, 9.17) is 4.74 Å². The predicted molar refractivity (Wildman–Crippen MR) is 122 cm³/mol. The Morgan fingerprint density at radius 1 is 1.32 bits per heavy atom. The molecule has 0 spiro atoms. The second-order valence-electron chi connectivity index (χ2n) is 7.49. The lowest BCUT2D eigenvalue weighted by Gasteiger charge is -2.25. The molecule has 0 amide bonds. The molecule has 0 unspecified atom stereocenters. The largest absolute Gasteiger partial charge is 0.481 e. The molecule has 7 nitrogen and oxygen atoms in total. The van der Waals surface area contributed by atoms with E-state index in [1.165, 1.54) is 13.3 Å². The van der Waals surface area contributed by atoms with E-state index in [1.807, 2.05) is 36.4 Å². The van der Waals surface area contributed by atoms with Crippen LogP contribution in [0.1, 0.15) is 41.4 Å². The van der Waals surface area contributed by atoms with Crippen molar-refractivity contribution in [3.8, 4) is 5.88 Å². The van der Waals surface area contributed by atoms with E-state index < -0.39 is 23.0 Å². The van der Waals surface area contributed by atoms with Gasteiger partial charge in [-0.1, -0.05) is 26.0 Å². The van der Waals surface area contributed by atoms with Gasteiger partial charge in [0.05, 0.1) is 25.3 Å². The van der Waals surface area contributed by atoms with E-state index in [9.17, 15) is 24.2 Å². The molecule has 1 atom stereocenters. The minimum Gasteiger partial charge on any atom is -0.481 e. The van der Waals surface area contributed by atoms with Crippen molar-refractivity contribution in [3.63, 3.8) is 0 Å². The van der Waals surface area contributed by atoms with Crippen LogP contribution in [0.5, 0.6) is 5.88 Å². The summed E-state index contributed by atoms with van der Waals surface area (Å²) in [5.41, 5.74) is 0.0480. The molecular weight excluding hydrogens is 518 g/mol. The Bertz CT molecular complexity index is 1210. The number of rotatable bonds is 7. The number of aliphatic hydroxyl groups excluding tert-OH is 1. The van der Waals surface area contributed by atoms with Crippen LogP contribution in [0, 0.1) is 15.3 Å². The number of halogens is 2. The van der Waals surface area contributed by atoms with Gasteiger partial charge >= 0.3 is 5.97 Å². The number of carboxylic acid groups (broad SMARTS) is 1. The number of methoxy groups -OCH3 is 1. The highest BCUT2D eigenvalue weighted by atomic mass is 127. The van der Waals surface area contributed by atoms with Crippen LogP contribution in [0.3, 0.4) is 0 Å². The molecule has 2 heterocycles. The van der Waals surface area contributed by atoms with E-state index in [0.29, 0.717) is 20.2 Å². The van der Waals surface area contributed by atoms with Crippen molar-refractivity contribution in [2.24, 2.45) is 5.92 Å². The van der Waals surface area contributed by atoms with Crippen LogP contribution < -0.4 is 10.2 Å². The number of hydrogen-bond acceptors (Lipinski definition) is 5. The number of aliphatic hydroxyl groups is 1. The van der Waals surface area contributed by atoms with Gasteiger partial charge in [0.25, 0.3) is 0 Å². The van der Waals surface area contributed by atoms with Crippen LogP contribution in [-0.4, -0.2) is 39.5 Å². The Labute approximate surface area is 191 Å². The first-order chi connectivity index (χ1) is 14.7. The van der Waals surface area contributed by atoms with Crippen molar-refractivity contribution in [2.75, 3.05) is 13.7 Å². The topological polar surface area (TPSA) is 102 Å². The van der Waals surface area contributed by atoms with Crippen molar-refractivity contribution >= 4 is 39.6 Å². The Morgan fingerprint density at radius 2 is 2.03 bits per heavy atom. The number of aromatic nitrogens is 2. The zero-order valence-electron chi connectivity index (χ0n) is 17.2. The number of nitrogens with zero attached hydrogens (tertiary/aromatic N) is 2. The molecule has 9 heteroatoms. The fraction of sp³-hybridized carbons (Fsp3) is 0.318. The molecule has 2 N–H and O–H groups in total. The monoisotopic (exact) mass is 540 g/mol. The van der Waals surface area contributed by atoms with Crippen LogP contribution in [0.15, 0.2) is 35.3 Å². The van der Waals surface area contributed by atoms with Crippen molar-refractivity contribution in [3.05, 3.63) is 66.8 Å². The third-order valence-corrected chi connectivity index (χ3v) is 6.03. The minimum atomic E-state index is -1.38. The summed E-state index contributed by atoms with van der Waals surface area (Å²) >= 11 is 1.91. The van der Waals surface area contributed by atoms with Gasteiger partial charge in [-0.15, -0.1) is 0 Å². The van der Waals surface area contributed by atoms with Crippen LogP contribution >= 0.6 is 22.6 Å². The summed E-state index contributed by atoms with van der Waals surface area (Å²) in [6, 6.07) is 6.23. The Morgan fingerprint density at radius 3 is 2.61 bits per heavy atom. The first kappa shape index (κ1) is 23.1. The predicted octanol–water partition coefficient (Wildman–Crippen LogP) is 3.63. The first-order valence-corrected chi connectivity index (χ1v) is 10.7. The van der Waals surface area contributed by atoms with Crippen molar-refractivity contribution in [1.29, 1.82) is 0 Å². The Hall–Kier alpha value is -2.53. The molecule has 3 rings (SSSR count). The highest BCUT2D eigenvalue weighted by molar-refractivity contribution is 14.1. The minimum absolute atomic E-state index is 0.0592. The van der Waals surface area contributed by atoms with Crippen molar-refractivity contribution < 1.29 is 24.1 Å². The van der Waals surface area contributed by atoms with Gasteiger partial charge in [-0.2, -0.15) is 0 Å². The summed E-state index contributed by atoms with van der Waals surface area (Å²) in [5, 5.41) is 19.4. The van der Waals surface area contributed by atoms with Crippen LogP contribution in [0.25, 0.3) is 11.0 Å². The third kappa shape index (κ3) is 4.42. The molecule has 3 aromatic rings. The van der Waals surface area contributed by atoms with Crippen LogP contribution in [0.4, 0.5) is 4.39 Å². The molecule has 2 aromatic heterocycles. The summed E-state index contributed by atoms with van der Waals surface area (Å²) in [5.74, 6) is -1.68. The van der Waals surface area contributed by atoms with Gasteiger partial charge in [0.2, 0.25) is 11.3 Å². The van der Waals surface area contributed by atoms with Gasteiger partial charge in [0.1, 0.15) is 16.9 Å². The van der Waals surface area contributed by atoms with Gasteiger partial charge in [0, 0.05) is 21.8 Å². The second kappa shape index (κ2) is 9.31. The average molecular weight is 540 g/mol. The molecule has 31 heavy (non-hydrogen) atoms. The van der Waals surface area contributed by atoms with E-state index in [-0.39, 0.29) is 36.2 Å². The zero-order valence-corrected chi connectivity index (χ0v) is 19.4. The fourth-order valence-electron chi connectivity index (χ4n) is 3.52. The Balaban J connectivity index is 2.33. The number of ether oxygens (including phenoxy) is 1. The number of fused-ring (bicyclic) bond motifs is 1. The molecule has 0 saturated carbocycles. The van der Waals surface area contributed by atoms with Gasteiger partial charge in [-0.05, 0) is 46.2 Å². The maximum Gasteiger partial charge on any atom is 0.341 e. The summed E-state index contributed by atoms with van der Waals surface area (Å²) in [6.07, 6.45) is 1.40. The van der Waals surface area contributed by atoms with Crippen molar-refractivity contribution in [1.82, 2.24) is 9.55 Å². The van der Waals surface area contributed by atoms with Gasteiger partial charge in [0.15, 0.2) is 0 Å². The number of carbonyl (C=O) groups is 1. The highest BCUT2D eigenvalue weighted by Gasteiger charge is 2.24. The van der Waals surface area contributed by atoms with Crippen molar-refractivity contribution in [2.45, 2.75) is 26.3 Å². The lowest BCUT2D eigenvalue weighted by Crippen LogP contribution is -2.26. The Kier molecular flexibility index (Phi) is 6.95. The summed E-state index contributed by atoms with van der Waals surface area (Å²) in [7, 11) is 1.38. The molecule has 0 saturated heterocycles. The second-order valence-corrected chi connectivity index (χ2v) is 8.65. The molecular formula is C22H22FIN2O5. The number of aromatic carboxylic acids is 1. The fourth-order valence-corrected chi connectivity index (χ4v) is 4.08. The number of carboxylic acids is 1. The first-order valence-electron chi connectivity index (χ1n) is 9.59. The third-order valence-electron chi connectivity index (χ3n) is 5.20. The van der Waals surface area contributed by atoms with Gasteiger partial charge < -0.3 is 19.5 Å². The standard InChI is InChI=1S/C22H22FIN2O5/c1-11(2)17(10-27)26-9-14(22(29)30)20(28)19-16(26)8-13(21(25-19)31-3)7-12-5-4-6-15(24)18(12)23/h4-6,8-9,11,17,27H,7,10H2,1-3H3,(H,29,30)/t17-/m1/s1. The average Bonchev–Trinajstić information content (AvgIpc) is 2.72. The molecule has 164 valence electrons. The normalized spacial score (nSPS) is 12.4. The van der Waals surface area contributed by atoms with E-state index >= 15 is 0 Å². The van der Waals surface area contributed by atoms with E-state index in [2.05, 4.69) is 4.98 Å². The number of pyridine rings is 2. The van der Waals surface area contributed by atoms with E-state index in [1.54, 1.807) is 28.8 Å². The summed E-state index contributed by atoms with van der Waals surface area (Å²) < 4.78 is 22.0. The maximum atomic E-state index is 14.6. The number of benzene rings is 1. The smallest absolute Gasteiger partial charge is 0.341 e. The molecule has 0 bridgehead atoms. The van der Waals surface area contributed by atoms with Gasteiger partial charge in [-0.3, -0.25) is 4.79 Å². The molecule has 0 radical (unpaired) electrons.